The molecule has 5 fully saturated rings. The number of nitrogens with zero attached hydrogens (tertiary/aromatic N) is 5. The number of aryl methyl sites for hydroxylation is 1. The van der Waals surface area contributed by atoms with Crippen molar-refractivity contribution in [2.75, 3.05) is 74.1 Å². The number of aliphatic hydroxyl groups is 1. The van der Waals surface area contributed by atoms with Crippen LogP contribution in [0.4, 0.5) is 27.1 Å². The zero-order valence-corrected chi connectivity index (χ0v) is 40.4. The number of rotatable bonds is 13. The molecule has 1 amide bonds. The van der Waals surface area contributed by atoms with E-state index >= 15 is 4.39 Å². The highest BCUT2D eigenvalue weighted by atomic mass is 32.2. The van der Waals surface area contributed by atoms with Gasteiger partial charge in [0.1, 0.15) is 11.5 Å². The molecule has 4 aromatic carbocycles. The van der Waals surface area contributed by atoms with Crippen molar-refractivity contribution in [2.24, 2.45) is 11.3 Å². The van der Waals surface area contributed by atoms with Crippen molar-refractivity contribution in [2.45, 2.75) is 107 Å². The van der Waals surface area contributed by atoms with Crippen LogP contribution in [0.15, 0.2) is 89.8 Å². The van der Waals surface area contributed by atoms with Gasteiger partial charge in [0.2, 0.25) is 0 Å². The van der Waals surface area contributed by atoms with Gasteiger partial charge >= 0.3 is 0 Å². The van der Waals surface area contributed by atoms with E-state index < -0.39 is 32.1 Å². The molecule has 0 aromatic heterocycles. The number of morpholine rings is 1. The van der Waals surface area contributed by atoms with E-state index in [0.717, 1.165) is 88.6 Å². The molecule has 3 saturated heterocycles. The first-order valence-electron chi connectivity index (χ1n) is 24.4. The molecule has 2 atom stereocenters. The number of carbonyl (C=O) groups excluding carboxylic acids is 1. The van der Waals surface area contributed by atoms with Gasteiger partial charge in [0.25, 0.3) is 21.6 Å². The summed E-state index contributed by atoms with van der Waals surface area (Å²) in [7, 11) is -4.42. The Hall–Kier alpha value is -5.13. The van der Waals surface area contributed by atoms with Gasteiger partial charge in [-0.3, -0.25) is 24.7 Å². The average molecular weight is 952 g/mol. The monoisotopic (exact) mass is 951 g/mol. The van der Waals surface area contributed by atoms with Crippen LogP contribution in [0.5, 0.6) is 0 Å². The smallest absolute Gasteiger partial charge is 0.293 e. The van der Waals surface area contributed by atoms with Crippen molar-refractivity contribution in [3.63, 3.8) is 0 Å². The number of nitro groups is 1. The molecular weight excluding hydrogens is 886 g/mol. The van der Waals surface area contributed by atoms with Crippen molar-refractivity contribution in [3.8, 4) is 0 Å². The van der Waals surface area contributed by atoms with E-state index in [0.29, 0.717) is 57.4 Å². The average Bonchev–Trinajstić information content (AvgIpc) is 3.31. The highest BCUT2D eigenvalue weighted by Gasteiger charge is 2.50. The minimum absolute atomic E-state index is 0.138. The Labute approximate surface area is 400 Å². The summed E-state index contributed by atoms with van der Waals surface area (Å²) in [6.45, 7) is 13.7. The van der Waals surface area contributed by atoms with Gasteiger partial charge in [-0.2, -0.15) is 0 Å². The van der Waals surface area contributed by atoms with Gasteiger partial charge in [0.15, 0.2) is 0 Å². The van der Waals surface area contributed by atoms with E-state index in [1.165, 1.54) is 23.3 Å². The van der Waals surface area contributed by atoms with Crippen LogP contribution in [0.25, 0.3) is 0 Å². The molecule has 68 heavy (non-hydrogen) atoms. The molecule has 14 nitrogen and oxygen atoms in total. The lowest BCUT2D eigenvalue weighted by Crippen LogP contribution is -2.59. The zero-order valence-electron chi connectivity index (χ0n) is 39.5. The lowest BCUT2D eigenvalue weighted by molar-refractivity contribution is -0.384. The molecule has 5 aliphatic rings. The standard InChI is InChI=1S/C52H66FN7O7S/c1-36-6-4-5-7-44(36)49-34-56(33-39-8-15-47(45(53)28-39)58-26-27-67-35-37(58)2)24-25-59(49)42-30-52(31-42)20-22-57(23-21-52)41-11-9-40(10-12-41)50(61)55-68(65,66)43-13-14-46(48(29-43)60(63)64)54-32-38-16-18-51(3,62)19-17-38/h4-15,28-29,37-38,42,49,54,62H,16-27,30-35H2,1-3H3,(H,55,61)/t37-,38?,49+,51?/m1/s1. The fourth-order valence-corrected chi connectivity index (χ4v) is 12.5. The second kappa shape index (κ2) is 19.7. The lowest BCUT2D eigenvalue weighted by Gasteiger charge is -2.58. The largest absolute Gasteiger partial charge is 0.390 e. The van der Waals surface area contributed by atoms with Crippen molar-refractivity contribution in [1.82, 2.24) is 14.5 Å². The molecule has 364 valence electrons. The number of amides is 1. The maximum absolute atomic E-state index is 15.5. The van der Waals surface area contributed by atoms with Crippen molar-refractivity contribution < 1.29 is 32.4 Å². The number of anilines is 3. The number of sulfonamides is 1. The molecule has 16 heteroatoms. The maximum Gasteiger partial charge on any atom is 0.293 e. The van der Waals surface area contributed by atoms with Gasteiger partial charge in [-0.15, -0.1) is 0 Å². The molecule has 3 heterocycles. The number of piperazine rings is 1. The number of benzene rings is 4. The molecule has 9 rings (SSSR count). The number of hydrogen-bond donors (Lipinski definition) is 3. The number of nitro benzene ring substituents is 1. The third-order valence-corrected chi connectivity index (χ3v) is 17.1. The van der Waals surface area contributed by atoms with Gasteiger partial charge < -0.3 is 25.0 Å². The van der Waals surface area contributed by atoms with Crippen LogP contribution >= 0.6 is 0 Å². The summed E-state index contributed by atoms with van der Waals surface area (Å²) in [5, 5.41) is 25.3. The van der Waals surface area contributed by atoms with Crippen LogP contribution in [0, 0.1) is 34.2 Å². The lowest BCUT2D eigenvalue weighted by atomic mass is 9.59. The summed E-state index contributed by atoms with van der Waals surface area (Å²) in [5.41, 5.74) is 4.82. The van der Waals surface area contributed by atoms with Gasteiger partial charge in [-0.05, 0) is 149 Å². The highest BCUT2D eigenvalue weighted by molar-refractivity contribution is 7.90. The van der Waals surface area contributed by atoms with Crippen LogP contribution in [0.3, 0.4) is 0 Å². The molecular formula is C52H66FN7O7S. The fraction of sp³-hybridized carbons (Fsp3) is 0.519. The number of halogens is 1. The minimum atomic E-state index is -4.42. The van der Waals surface area contributed by atoms with Crippen molar-refractivity contribution in [1.29, 1.82) is 0 Å². The van der Waals surface area contributed by atoms with E-state index in [9.17, 15) is 28.4 Å². The van der Waals surface area contributed by atoms with Crippen LogP contribution in [0.2, 0.25) is 0 Å². The topological polar surface area (TPSA) is 161 Å². The minimum Gasteiger partial charge on any atom is -0.390 e. The molecule has 3 aliphatic heterocycles. The first kappa shape index (κ1) is 47.9. The van der Waals surface area contributed by atoms with E-state index in [1.54, 1.807) is 18.2 Å². The van der Waals surface area contributed by atoms with E-state index in [-0.39, 0.29) is 45.4 Å². The SMILES string of the molecule is Cc1ccccc1[C@@H]1CN(Cc2ccc(N3CCOC[C@H]3C)c(F)c2)CCN1C1CC2(CCN(c3ccc(C(=O)NS(=O)(=O)c4ccc(NCC5CCC(C)(O)CC5)c([N+](=O)[O-])c4)cc3)CC2)C1. The number of hydrogen-bond acceptors (Lipinski definition) is 12. The van der Waals surface area contributed by atoms with E-state index in [2.05, 4.69) is 73.8 Å². The molecule has 3 N–H and O–H groups in total. The normalized spacial score (nSPS) is 24.9. The third-order valence-electron chi connectivity index (χ3n) is 15.7. The number of nitrogens with one attached hydrogen (secondary N) is 2. The molecule has 1 spiro atoms. The summed E-state index contributed by atoms with van der Waals surface area (Å²) in [5.74, 6) is -0.762. The second-order valence-corrected chi connectivity index (χ2v) is 22.2. The number of carbonyl (C=O) groups is 1. The number of piperidine rings is 1. The summed E-state index contributed by atoms with van der Waals surface area (Å²) in [6.07, 6.45) is 7.29. The molecule has 4 aromatic rings. The second-order valence-electron chi connectivity index (χ2n) is 20.5. The highest BCUT2D eigenvalue weighted by Crippen LogP contribution is 2.53. The zero-order chi connectivity index (χ0) is 47.8. The van der Waals surface area contributed by atoms with Gasteiger partial charge in [0, 0.05) is 87.8 Å². The van der Waals surface area contributed by atoms with Crippen LogP contribution < -0.4 is 19.8 Å². The molecule has 2 aliphatic carbocycles. The Morgan fingerprint density at radius 1 is 0.941 bits per heavy atom. The van der Waals surface area contributed by atoms with Crippen LogP contribution in [-0.4, -0.2) is 111 Å². The number of ether oxygens (including phenoxy) is 1. The Morgan fingerprint density at radius 2 is 1.68 bits per heavy atom. The third kappa shape index (κ3) is 10.5. The first-order chi connectivity index (χ1) is 32.6. The maximum atomic E-state index is 15.5. The van der Waals surface area contributed by atoms with E-state index in [4.69, 9.17) is 4.74 Å². The molecule has 0 bridgehead atoms. The van der Waals surface area contributed by atoms with E-state index in [1.807, 2.05) is 25.1 Å². The molecule has 0 unspecified atom stereocenters. The summed E-state index contributed by atoms with van der Waals surface area (Å²) in [6, 6.07) is 25.9. The first-order valence-corrected chi connectivity index (χ1v) is 25.9. The predicted molar refractivity (Wildman–Crippen MR) is 262 cm³/mol. The van der Waals surface area contributed by atoms with Gasteiger partial charge in [-0.1, -0.05) is 30.3 Å². The summed E-state index contributed by atoms with van der Waals surface area (Å²) < 4.78 is 49.9. The van der Waals surface area contributed by atoms with Crippen LogP contribution in [-0.2, 0) is 21.3 Å². The summed E-state index contributed by atoms with van der Waals surface area (Å²) in [4.78, 5) is 33.9. The van der Waals surface area contributed by atoms with Gasteiger partial charge in [0.05, 0.1) is 34.3 Å². The van der Waals surface area contributed by atoms with Crippen molar-refractivity contribution >= 4 is 38.7 Å². The molecule has 0 radical (unpaired) electrons. The Balaban J connectivity index is 0.776. The van der Waals surface area contributed by atoms with Gasteiger partial charge in [-0.25, -0.2) is 17.5 Å². The quantitative estimate of drug-likeness (QED) is 0.0876. The van der Waals surface area contributed by atoms with Crippen molar-refractivity contribution in [3.05, 3.63) is 123 Å². The Bertz CT molecular complexity index is 2570. The predicted octanol–water partition coefficient (Wildman–Crippen LogP) is 8.05. The van der Waals surface area contributed by atoms with Crippen LogP contribution in [0.1, 0.15) is 98.3 Å². The fourth-order valence-electron chi connectivity index (χ4n) is 11.5. The Morgan fingerprint density at radius 3 is 2.37 bits per heavy atom. The summed E-state index contributed by atoms with van der Waals surface area (Å²) >= 11 is 0. The Kier molecular flexibility index (Phi) is 13.9. The molecule has 2 saturated carbocycles.